The topological polar surface area (TPSA) is 76.6 Å². The number of hydrogen-bond donors (Lipinski definition) is 0. The molecule has 0 atom stereocenters. The Morgan fingerprint density at radius 2 is 2.08 bits per heavy atom. The lowest BCUT2D eigenvalue weighted by Gasteiger charge is -2.31. The summed E-state index contributed by atoms with van der Waals surface area (Å²) in [6.07, 6.45) is -1.51. The monoisotopic (exact) mass is 486 g/mol. The minimum absolute atomic E-state index is 0.0532. The molecule has 0 radical (unpaired) electrons. The van der Waals surface area contributed by atoms with Crippen molar-refractivity contribution >= 4 is 50.2 Å². The van der Waals surface area contributed by atoms with E-state index in [-0.39, 0.29) is 28.5 Å². The fourth-order valence-corrected chi connectivity index (χ4v) is 4.86. The van der Waals surface area contributed by atoms with Crippen molar-refractivity contribution in [3.05, 3.63) is 28.8 Å². The smallest absolute Gasteiger partial charge is 0.313 e. The number of carbonyl (C=O) groups is 1. The maximum Gasteiger partial charge on any atom is 0.313 e. The van der Waals surface area contributed by atoms with Gasteiger partial charge in [0.15, 0.2) is 11.6 Å². The van der Waals surface area contributed by atoms with Crippen molar-refractivity contribution in [1.29, 1.82) is 0 Å². The van der Waals surface area contributed by atoms with Gasteiger partial charge in [0.25, 0.3) is 16.4 Å². The van der Waals surface area contributed by atoms with Gasteiger partial charge in [0.05, 0.1) is 18.0 Å². The van der Waals surface area contributed by atoms with Crippen LogP contribution in [0.25, 0.3) is 5.76 Å². The molecular weight excluding hydrogens is 469 g/mol. The van der Waals surface area contributed by atoms with E-state index in [1.807, 2.05) is 22.6 Å². The lowest BCUT2D eigenvalue weighted by Crippen LogP contribution is -2.40. The Morgan fingerprint density at radius 3 is 2.64 bits per heavy atom. The highest BCUT2D eigenvalue weighted by molar-refractivity contribution is 14.1. The van der Waals surface area contributed by atoms with Crippen LogP contribution >= 0.6 is 22.6 Å². The predicted molar refractivity (Wildman–Crippen MR) is 97.9 cm³/mol. The number of alkyl halides is 3. The van der Waals surface area contributed by atoms with Gasteiger partial charge in [-0.25, -0.2) is 26.5 Å². The fourth-order valence-electron chi connectivity index (χ4n) is 2.26. The van der Waals surface area contributed by atoms with Crippen molar-refractivity contribution in [2.45, 2.75) is 26.7 Å². The summed E-state index contributed by atoms with van der Waals surface area (Å²) in [4.78, 5) is 15.8. The van der Waals surface area contributed by atoms with E-state index in [2.05, 4.69) is 4.98 Å². The standard InChI is InChI=1S/C15H17F2IN2O4S/c1-9(2)15(21)24-13-10-4-3-7-19-14(10)20(8-12(16)17)25(22,23)11(13)5-6-18/h3-4,7,9,12H,5-6,8H2,1-2H3. The van der Waals surface area contributed by atoms with Gasteiger partial charge in [-0.2, -0.15) is 0 Å². The molecule has 2 heterocycles. The number of carbonyl (C=O) groups excluding carboxylic acids is 1. The largest absolute Gasteiger partial charge is 0.424 e. The second kappa shape index (κ2) is 7.94. The summed E-state index contributed by atoms with van der Waals surface area (Å²) < 4.78 is 57.9. The van der Waals surface area contributed by atoms with E-state index < -0.39 is 34.9 Å². The Kier molecular flexibility index (Phi) is 6.35. The van der Waals surface area contributed by atoms with E-state index in [1.165, 1.54) is 18.3 Å². The molecule has 1 aliphatic heterocycles. The van der Waals surface area contributed by atoms with Gasteiger partial charge in [0.1, 0.15) is 4.91 Å². The van der Waals surface area contributed by atoms with Crippen molar-refractivity contribution in [3.63, 3.8) is 0 Å². The number of sulfonamides is 1. The molecule has 0 unspecified atom stereocenters. The third-order valence-corrected chi connectivity index (χ3v) is 5.88. The first kappa shape index (κ1) is 20.0. The number of hydrogen-bond acceptors (Lipinski definition) is 5. The summed E-state index contributed by atoms with van der Waals surface area (Å²) >= 11 is 1.97. The maximum atomic E-state index is 12.9. The van der Waals surface area contributed by atoms with Crippen LogP contribution in [0.1, 0.15) is 25.8 Å². The van der Waals surface area contributed by atoms with E-state index in [0.29, 0.717) is 8.73 Å². The molecule has 0 aromatic carbocycles. The van der Waals surface area contributed by atoms with Crippen LogP contribution in [0.2, 0.25) is 0 Å². The first-order valence-corrected chi connectivity index (χ1v) is 10.4. The quantitative estimate of drug-likeness (QED) is 0.351. The Labute approximate surface area is 158 Å². The Balaban J connectivity index is 2.69. The predicted octanol–water partition coefficient (Wildman–Crippen LogP) is 3.19. The number of halogens is 3. The molecule has 1 aromatic rings. The molecule has 6 nitrogen and oxygen atoms in total. The molecule has 1 aliphatic rings. The van der Waals surface area contributed by atoms with Crippen LogP contribution in [0.15, 0.2) is 23.2 Å². The number of ether oxygens (including phenoxy) is 1. The highest BCUT2D eigenvalue weighted by Crippen LogP contribution is 2.40. The molecule has 0 aliphatic carbocycles. The normalized spacial score (nSPS) is 16.4. The number of anilines is 1. The number of esters is 1. The number of rotatable bonds is 6. The summed E-state index contributed by atoms with van der Waals surface area (Å²) in [7, 11) is -4.27. The molecule has 0 bridgehead atoms. The third-order valence-electron chi connectivity index (χ3n) is 3.42. The van der Waals surface area contributed by atoms with Crippen LogP contribution in [0.5, 0.6) is 0 Å². The van der Waals surface area contributed by atoms with Crippen LogP contribution < -0.4 is 4.31 Å². The van der Waals surface area contributed by atoms with Gasteiger partial charge in [-0.3, -0.25) is 4.79 Å². The van der Waals surface area contributed by atoms with Gasteiger partial charge in [0, 0.05) is 10.6 Å². The second-order valence-corrected chi connectivity index (χ2v) is 8.53. The first-order valence-electron chi connectivity index (χ1n) is 7.47. The zero-order valence-electron chi connectivity index (χ0n) is 13.6. The van der Waals surface area contributed by atoms with Crippen LogP contribution in [0.4, 0.5) is 14.6 Å². The summed E-state index contributed by atoms with van der Waals surface area (Å²) in [5.74, 6) is -1.36. The van der Waals surface area contributed by atoms with Crippen LogP contribution in [-0.2, 0) is 19.6 Å². The summed E-state index contributed by atoms with van der Waals surface area (Å²) in [5.41, 5.74) is 0.215. The number of nitrogens with zero attached hydrogens (tertiary/aromatic N) is 2. The van der Waals surface area contributed by atoms with Gasteiger partial charge in [0.2, 0.25) is 0 Å². The molecule has 1 aromatic heterocycles. The van der Waals surface area contributed by atoms with Gasteiger partial charge in [-0.05, 0) is 18.6 Å². The molecule has 2 rings (SSSR count). The SMILES string of the molecule is CC(C)C(=O)OC1=C(CCI)S(=O)(=O)N(CC(F)F)c2ncccc21. The molecule has 0 saturated carbocycles. The van der Waals surface area contributed by atoms with Crippen molar-refractivity contribution in [2.24, 2.45) is 5.92 Å². The van der Waals surface area contributed by atoms with Crippen LogP contribution in [0.3, 0.4) is 0 Å². The minimum atomic E-state index is -4.27. The minimum Gasteiger partial charge on any atom is -0.424 e. The summed E-state index contributed by atoms with van der Waals surface area (Å²) in [5, 5.41) is 0. The molecule has 10 heteroatoms. The average Bonchev–Trinajstić information content (AvgIpc) is 2.54. The molecular formula is C15H17F2IN2O4S. The van der Waals surface area contributed by atoms with Gasteiger partial charge in [-0.1, -0.05) is 36.4 Å². The van der Waals surface area contributed by atoms with E-state index in [4.69, 9.17) is 4.74 Å². The van der Waals surface area contributed by atoms with Gasteiger partial charge in [-0.15, -0.1) is 0 Å². The number of pyridine rings is 1. The van der Waals surface area contributed by atoms with Crippen LogP contribution in [-0.4, -0.2) is 36.8 Å². The Bertz CT molecular complexity index is 796. The molecule has 138 valence electrons. The maximum absolute atomic E-state index is 12.9. The van der Waals surface area contributed by atoms with E-state index in [0.717, 1.165) is 0 Å². The average molecular weight is 486 g/mol. The molecule has 0 spiro atoms. The van der Waals surface area contributed by atoms with Crippen molar-refractivity contribution in [1.82, 2.24) is 4.98 Å². The molecule has 25 heavy (non-hydrogen) atoms. The number of aromatic nitrogens is 1. The van der Waals surface area contributed by atoms with Gasteiger partial charge < -0.3 is 4.74 Å². The van der Waals surface area contributed by atoms with E-state index in [1.54, 1.807) is 13.8 Å². The zero-order chi connectivity index (χ0) is 18.8. The Hall–Kier alpha value is -1.30. The zero-order valence-corrected chi connectivity index (χ0v) is 16.6. The molecule has 0 saturated heterocycles. The molecule has 0 N–H and O–H groups in total. The summed E-state index contributed by atoms with van der Waals surface area (Å²) in [6, 6.07) is 3.04. The molecule has 0 amide bonds. The van der Waals surface area contributed by atoms with Crippen molar-refractivity contribution in [2.75, 3.05) is 15.3 Å². The fraction of sp³-hybridized carbons (Fsp3) is 0.467. The Morgan fingerprint density at radius 1 is 1.40 bits per heavy atom. The lowest BCUT2D eigenvalue weighted by molar-refractivity contribution is -0.140. The second-order valence-electron chi connectivity index (χ2n) is 5.57. The highest BCUT2D eigenvalue weighted by Gasteiger charge is 2.40. The highest BCUT2D eigenvalue weighted by atomic mass is 127. The van der Waals surface area contributed by atoms with Gasteiger partial charge >= 0.3 is 5.97 Å². The van der Waals surface area contributed by atoms with Crippen molar-refractivity contribution in [3.8, 4) is 0 Å². The van der Waals surface area contributed by atoms with E-state index >= 15 is 0 Å². The van der Waals surface area contributed by atoms with Crippen LogP contribution in [0, 0.1) is 5.92 Å². The molecule has 0 fully saturated rings. The number of fused-ring (bicyclic) bond motifs is 1. The lowest BCUT2D eigenvalue weighted by atomic mass is 10.1. The number of allylic oxidation sites excluding steroid dienone is 1. The third kappa shape index (κ3) is 4.10. The summed E-state index contributed by atoms with van der Waals surface area (Å²) in [6.45, 7) is 2.22. The first-order chi connectivity index (χ1) is 11.7. The van der Waals surface area contributed by atoms with E-state index in [9.17, 15) is 22.0 Å². The van der Waals surface area contributed by atoms with Crippen molar-refractivity contribution < 1.29 is 26.7 Å².